The number of para-hydroxylation sites is 1. The monoisotopic (exact) mass is 383 g/mol. The van der Waals surface area contributed by atoms with Crippen LogP contribution < -0.4 is 19.7 Å². The molecule has 2 aromatic carbocycles. The number of ether oxygens (including phenoxy) is 2. The predicted molar refractivity (Wildman–Crippen MR) is 107 cm³/mol. The third kappa shape index (κ3) is 4.34. The molecular weight excluding hydrogens is 356 g/mol. The Hall–Kier alpha value is -2.86. The molecule has 0 spiro atoms. The minimum Gasteiger partial charge on any atom is -0.497 e. The molecule has 28 heavy (non-hydrogen) atoms. The normalized spacial score (nSPS) is 18.5. The topological polar surface area (TPSA) is 69.1 Å². The van der Waals surface area contributed by atoms with Gasteiger partial charge in [-0.3, -0.25) is 9.59 Å². The lowest BCUT2D eigenvalue weighted by Crippen LogP contribution is -3.11. The number of benzene rings is 2. The number of likely N-dealkylation sites (tertiary alicyclic amines) is 1. The molecule has 1 heterocycles. The second-order valence-corrected chi connectivity index (χ2v) is 7.04. The lowest BCUT2D eigenvalue weighted by molar-refractivity contribution is -0.910. The van der Waals surface area contributed by atoms with E-state index in [1.54, 1.807) is 32.4 Å². The summed E-state index contributed by atoms with van der Waals surface area (Å²) in [7, 11) is 3.28. The summed E-state index contributed by atoms with van der Waals surface area (Å²) in [5.74, 6) is 1.37. The van der Waals surface area contributed by atoms with E-state index in [9.17, 15) is 9.59 Å². The van der Waals surface area contributed by atoms with Crippen molar-refractivity contribution in [3.05, 3.63) is 53.6 Å². The Morgan fingerprint density at radius 3 is 2.64 bits per heavy atom. The van der Waals surface area contributed by atoms with Crippen LogP contribution in [0.25, 0.3) is 0 Å². The molecule has 2 atom stereocenters. The van der Waals surface area contributed by atoms with E-state index < -0.39 is 0 Å². The molecule has 148 valence electrons. The number of methoxy groups -OCH3 is 2. The van der Waals surface area contributed by atoms with Crippen LogP contribution in [-0.2, 0) is 4.79 Å². The van der Waals surface area contributed by atoms with Crippen LogP contribution in [-0.4, -0.2) is 39.0 Å². The Morgan fingerprint density at radius 1 is 1.14 bits per heavy atom. The number of quaternary nitrogens is 1. The van der Waals surface area contributed by atoms with Crippen molar-refractivity contribution in [1.82, 2.24) is 0 Å². The molecule has 0 radical (unpaired) electrons. The van der Waals surface area contributed by atoms with Crippen molar-refractivity contribution in [2.45, 2.75) is 25.8 Å². The van der Waals surface area contributed by atoms with E-state index in [2.05, 4.69) is 5.32 Å². The zero-order chi connectivity index (χ0) is 20.1. The summed E-state index contributed by atoms with van der Waals surface area (Å²) in [4.78, 5) is 25.6. The molecule has 0 bridgehead atoms. The fourth-order valence-corrected chi connectivity index (χ4v) is 3.90. The van der Waals surface area contributed by atoms with E-state index in [0.29, 0.717) is 17.8 Å². The maximum atomic E-state index is 12.7. The number of rotatable bonds is 7. The Balaban J connectivity index is 1.74. The van der Waals surface area contributed by atoms with Crippen molar-refractivity contribution in [1.29, 1.82) is 0 Å². The highest BCUT2D eigenvalue weighted by Crippen LogP contribution is 2.31. The second kappa shape index (κ2) is 8.89. The van der Waals surface area contributed by atoms with Crippen LogP contribution in [0.15, 0.2) is 42.5 Å². The molecule has 1 unspecified atom stereocenters. The van der Waals surface area contributed by atoms with Crippen LogP contribution in [0.4, 0.5) is 5.69 Å². The van der Waals surface area contributed by atoms with Crippen molar-refractivity contribution in [2.75, 3.05) is 32.6 Å². The number of carbonyl (C=O) groups is 2. The Labute approximate surface area is 165 Å². The first kappa shape index (κ1) is 19.9. The van der Waals surface area contributed by atoms with Gasteiger partial charge in [0, 0.05) is 24.5 Å². The molecule has 6 nitrogen and oxygen atoms in total. The molecule has 1 aliphatic heterocycles. The Morgan fingerprint density at radius 2 is 1.93 bits per heavy atom. The highest BCUT2D eigenvalue weighted by molar-refractivity contribution is 6.03. The maximum absolute atomic E-state index is 12.7. The number of anilines is 1. The first-order valence-electron chi connectivity index (χ1n) is 9.49. The van der Waals surface area contributed by atoms with Gasteiger partial charge in [-0.25, -0.2) is 0 Å². The first-order chi connectivity index (χ1) is 13.5. The van der Waals surface area contributed by atoms with Crippen LogP contribution in [0.1, 0.15) is 41.7 Å². The summed E-state index contributed by atoms with van der Waals surface area (Å²) in [5.41, 5.74) is 2.19. The highest BCUT2D eigenvalue weighted by Gasteiger charge is 2.33. The zero-order valence-corrected chi connectivity index (χ0v) is 16.6. The number of carbonyl (C=O) groups excluding carboxylic acids is 2. The average molecular weight is 383 g/mol. The number of hydrogen-bond donors (Lipinski definition) is 2. The van der Waals surface area contributed by atoms with Gasteiger partial charge in [0.05, 0.1) is 32.0 Å². The van der Waals surface area contributed by atoms with Gasteiger partial charge in [0.2, 0.25) is 0 Å². The average Bonchev–Trinajstić information content (AvgIpc) is 3.15. The fraction of sp³-hybridized carbons (Fsp3) is 0.364. The molecule has 2 aromatic rings. The van der Waals surface area contributed by atoms with Gasteiger partial charge in [0.15, 0.2) is 12.3 Å². The lowest BCUT2D eigenvalue weighted by atomic mass is 10.0. The number of hydrogen-bond acceptors (Lipinski definition) is 4. The molecule has 3 rings (SSSR count). The van der Waals surface area contributed by atoms with Crippen LogP contribution >= 0.6 is 0 Å². The van der Waals surface area contributed by atoms with Gasteiger partial charge in [0.1, 0.15) is 17.5 Å². The van der Waals surface area contributed by atoms with Gasteiger partial charge >= 0.3 is 0 Å². The van der Waals surface area contributed by atoms with E-state index >= 15 is 0 Å². The molecule has 1 saturated heterocycles. The van der Waals surface area contributed by atoms with Gasteiger partial charge in [-0.15, -0.1) is 0 Å². The predicted octanol–water partition coefficient (Wildman–Crippen LogP) is 2.26. The van der Waals surface area contributed by atoms with Crippen LogP contribution in [0.2, 0.25) is 0 Å². The van der Waals surface area contributed by atoms with Crippen molar-refractivity contribution in [3.8, 4) is 11.5 Å². The van der Waals surface area contributed by atoms with Gasteiger partial charge in [-0.05, 0) is 31.2 Å². The van der Waals surface area contributed by atoms with Gasteiger partial charge in [-0.1, -0.05) is 12.1 Å². The standard InChI is InChI=1S/C22H26N2O4/c1-15(25)17-7-4-5-8-19(17)23-22(26)14-24-12-6-9-20(24)18-11-10-16(27-2)13-21(18)28-3/h4-5,7-8,10-11,13,20H,6,9,12,14H2,1-3H3,(H,23,26)/p+1/t20-/m1/s1. The third-order valence-electron chi connectivity index (χ3n) is 5.27. The first-order valence-corrected chi connectivity index (χ1v) is 9.49. The maximum Gasteiger partial charge on any atom is 0.279 e. The number of nitrogens with one attached hydrogen (secondary N) is 2. The molecule has 1 aliphatic rings. The van der Waals surface area contributed by atoms with E-state index in [1.807, 2.05) is 24.3 Å². The number of amides is 1. The Kier molecular flexibility index (Phi) is 6.31. The SMILES string of the molecule is COc1ccc([C@H]2CCC[NH+]2CC(=O)Nc2ccccc2C(C)=O)c(OC)c1. The number of Topliss-reactive ketones (excluding diaryl/α,β-unsaturated/α-hetero) is 1. The highest BCUT2D eigenvalue weighted by atomic mass is 16.5. The minimum atomic E-state index is -0.0944. The fourth-order valence-electron chi connectivity index (χ4n) is 3.90. The second-order valence-electron chi connectivity index (χ2n) is 7.04. The van der Waals surface area contributed by atoms with Gasteiger partial charge in [-0.2, -0.15) is 0 Å². The molecular formula is C22H27N2O4+. The molecule has 0 aliphatic carbocycles. The van der Waals surface area contributed by atoms with Gasteiger partial charge in [0.25, 0.3) is 5.91 Å². The van der Waals surface area contributed by atoms with Crippen molar-refractivity contribution in [2.24, 2.45) is 0 Å². The van der Waals surface area contributed by atoms with Crippen molar-refractivity contribution < 1.29 is 24.0 Å². The van der Waals surface area contributed by atoms with Gasteiger partial charge < -0.3 is 19.7 Å². The summed E-state index contributed by atoms with van der Waals surface area (Å²) in [6.45, 7) is 2.76. The van der Waals surface area contributed by atoms with E-state index in [4.69, 9.17) is 9.47 Å². The van der Waals surface area contributed by atoms with Crippen molar-refractivity contribution >= 4 is 17.4 Å². The van der Waals surface area contributed by atoms with Crippen LogP contribution in [0, 0.1) is 0 Å². The quantitative estimate of drug-likeness (QED) is 0.720. The summed E-state index contributed by atoms with van der Waals surface area (Å²) in [6.07, 6.45) is 2.04. The summed E-state index contributed by atoms with van der Waals surface area (Å²) < 4.78 is 10.8. The van der Waals surface area contributed by atoms with Crippen LogP contribution in [0.3, 0.4) is 0 Å². The molecule has 1 fully saturated rings. The number of ketones is 1. The molecule has 1 amide bonds. The zero-order valence-electron chi connectivity index (χ0n) is 16.6. The Bertz CT molecular complexity index is 865. The molecule has 6 heteroatoms. The minimum absolute atomic E-state index is 0.0646. The summed E-state index contributed by atoms with van der Waals surface area (Å²) >= 11 is 0. The third-order valence-corrected chi connectivity index (χ3v) is 5.27. The summed E-state index contributed by atoms with van der Waals surface area (Å²) in [6, 6.07) is 13.1. The van der Waals surface area contributed by atoms with Crippen LogP contribution in [0.5, 0.6) is 11.5 Å². The molecule has 0 aromatic heterocycles. The lowest BCUT2D eigenvalue weighted by Gasteiger charge is -2.23. The van der Waals surface area contributed by atoms with E-state index in [-0.39, 0.29) is 17.7 Å². The smallest absolute Gasteiger partial charge is 0.279 e. The molecule has 2 N–H and O–H groups in total. The van der Waals surface area contributed by atoms with E-state index in [0.717, 1.165) is 36.4 Å². The summed E-state index contributed by atoms with van der Waals surface area (Å²) in [5, 5.41) is 2.91. The van der Waals surface area contributed by atoms with Crippen molar-refractivity contribution in [3.63, 3.8) is 0 Å². The largest absolute Gasteiger partial charge is 0.497 e. The molecule has 0 saturated carbocycles. The van der Waals surface area contributed by atoms with E-state index in [1.165, 1.54) is 11.8 Å².